The Balaban J connectivity index is 2.02. The Hall–Kier alpha value is -0.590. The van der Waals surface area contributed by atoms with Crippen LogP contribution in [0.15, 0.2) is 12.2 Å². The van der Waals surface area contributed by atoms with Gasteiger partial charge in [0.1, 0.15) is 5.78 Å². The van der Waals surface area contributed by atoms with Gasteiger partial charge < -0.3 is 0 Å². The molecule has 0 aromatic carbocycles. The SMILES string of the molecule is CC(=O)C12CCC(C)CC1[C@H]1C=CC2C1. The number of allylic oxidation sites excluding steroid dienone is 2. The zero-order valence-electron chi connectivity index (χ0n) is 9.70. The van der Waals surface area contributed by atoms with E-state index in [0.717, 1.165) is 18.3 Å². The van der Waals surface area contributed by atoms with Crippen LogP contribution in [-0.2, 0) is 4.79 Å². The number of Topliss-reactive ketones (excluding diaryl/α,β-unsaturated/α-hetero) is 1. The second-order valence-corrected chi connectivity index (χ2v) is 5.97. The van der Waals surface area contributed by atoms with Crippen molar-refractivity contribution in [3.05, 3.63) is 12.2 Å². The number of carbonyl (C=O) groups is 1. The third-order valence-electron chi connectivity index (χ3n) is 5.32. The van der Waals surface area contributed by atoms with Gasteiger partial charge in [-0.15, -0.1) is 0 Å². The van der Waals surface area contributed by atoms with E-state index in [9.17, 15) is 4.79 Å². The maximum atomic E-state index is 12.1. The lowest BCUT2D eigenvalue weighted by Gasteiger charge is -2.45. The van der Waals surface area contributed by atoms with Crippen molar-refractivity contribution in [3.8, 4) is 0 Å². The van der Waals surface area contributed by atoms with E-state index in [2.05, 4.69) is 19.1 Å². The van der Waals surface area contributed by atoms with Crippen molar-refractivity contribution >= 4 is 5.78 Å². The molecule has 3 aliphatic rings. The molecule has 1 nitrogen and oxygen atoms in total. The van der Waals surface area contributed by atoms with Crippen LogP contribution in [0.1, 0.15) is 39.5 Å². The minimum Gasteiger partial charge on any atom is -0.299 e. The molecule has 0 aromatic rings. The quantitative estimate of drug-likeness (QED) is 0.599. The Morgan fingerprint density at radius 2 is 2.13 bits per heavy atom. The predicted molar refractivity (Wildman–Crippen MR) is 60.4 cm³/mol. The topological polar surface area (TPSA) is 17.1 Å². The van der Waals surface area contributed by atoms with E-state index in [1.165, 1.54) is 19.3 Å². The average Bonchev–Trinajstić information content (AvgIpc) is 2.76. The van der Waals surface area contributed by atoms with Crippen molar-refractivity contribution in [2.75, 3.05) is 0 Å². The third kappa shape index (κ3) is 1.07. The molecule has 0 aromatic heterocycles. The van der Waals surface area contributed by atoms with E-state index in [0.29, 0.717) is 17.6 Å². The van der Waals surface area contributed by atoms with Gasteiger partial charge >= 0.3 is 0 Å². The van der Waals surface area contributed by atoms with Crippen molar-refractivity contribution < 1.29 is 4.79 Å². The van der Waals surface area contributed by atoms with Crippen molar-refractivity contribution in [2.24, 2.45) is 29.1 Å². The molecule has 82 valence electrons. The van der Waals surface area contributed by atoms with Crippen molar-refractivity contribution in [1.29, 1.82) is 0 Å². The minimum absolute atomic E-state index is 0.0614. The first-order chi connectivity index (χ1) is 7.14. The molecule has 0 heterocycles. The van der Waals surface area contributed by atoms with Crippen LogP contribution in [0.5, 0.6) is 0 Å². The number of hydrogen-bond acceptors (Lipinski definition) is 1. The molecule has 2 saturated carbocycles. The summed E-state index contributed by atoms with van der Waals surface area (Å²) < 4.78 is 0. The van der Waals surface area contributed by atoms with E-state index in [1.54, 1.807) is 0 Å². The smallest absolute Gasteiger partial charge is 0.136 e. The van der Waals surface area contributed by atoms with Crippen molar-refractivity contribution in [3.63, 3.8) is 0 Å². The standard InChI is InChI=1S/C14H20O/c1-9-5-6-14(10(2)15)12-4-3-11(8-12)13(14)7-9/h3-4,9,11-13H,5-8H2,1-2H3/t9?,11-,12?,13?,14?/m0/s1. The highest BCUT2D eigenvalue weighted by Crippen LogP contribution is 2.63. The van der Waals surface area contributed by atoms with Crippen LogP contribution in [0.25, 0.3) is 0 Å². The van der Waals surface area contributed by atoms with E-state index >= 15 is 0 Å². The maximum absolute atomic E-state index is 12.1. The molecule has 2 bridgehead atoms. The summed E-state index contributed by atoms with van der Waals surface area (Å²) in [6, 6.07) is 0. The molecule has 0 spiro atoms. The fourth-order valence-electron chi connectivity index (χ4n) is 4.56. The number of ketones is 1. The highest BCUT2D eigenvalue weighted by atomic mass is 16.1. The molecule has 5 atom stereocenters. The van der Waals surface area contributed by atoms with Gasteiger partial charge in [-0.1, -0.05) is 19.1 Å². The molecule has 3 rings (SSSR count). The second-order valence-electron chi connectivity index (χ2n) is 5.97. The Morgan fingerprint density at radius 3 is 2.87 bits per heavy atom. The minimum atomic E-state index is 0.0614. The molecular weight excluding hydrogens is 184 g/mol. The van der Waals surface area contributed by atoms with Crippen LogP contribution < -0.4 is 0 Å². The van der Waals surface area contributed by atoms with E-state index in [1.807, 2.05) is 6.92 Å². The Bertz CT molecular complexity index is 330. The molecule has 1 heteroatoms. The summed E-state index contributed by atoms with van der Waals surface area (Å²) in [6.45, 7) is 4.18. The molecule has 2 fully saturated rings. The van der Waals surface area contributed by atoms with Gasteiger partial charge in [-0.3, -0.25) is 4.79 Å². The Morgan fingerprint density at radius 1 is 1.33 bits per heavy atom. The van der Waals surface area contributed by atoms with Gasteiger partial charge in [0.2, 0.25) is 0 Å². The van der Waals surface area contributed by atoms with E-state index < -0.39 is 0 Å². The lowest BCUT2D eigenvalue weighted by atomic mass is 9.57. The second kappa shape index (κ2) is 2.96. The first-order valence-electron chi connectivity index (χ1n) is 6.34. The van der Waals surface area contributed by atoms with Gasteiger partial charge in [0.05, 0.1) is 0 Å². The van der Waals surface area contributed by atoms with Gasteiger partial charge in [0.15, 0.2) is 0 Å². The molecule has 0 radical (unpaired) electrons. The number of rotatable bonds is 1. The van der Waals surface area contributed by atoms with Crippen LogP contribution in [0.4, 0.5) is 0 Å². The zero-order valence-corrected chi connectivity index (χ0v) is 9.70. The van der Waals surface area contributed by atoms with E-state index in [4.69, 9.17) is 0 Å². The summed E-state index contributed by atoms with van der Waals surface area (Å²) in [5.41, 5.74) is 0.0614. The van der Waals surface area contributed by atoms with Crippen LogP contribution in [0, 0.1) is 29.1 Å². The fourth-order valence-corrected chi connectivity index (χ4v) is 4.56. The van der Waals surface area contributed by atoms with E-state index in [-0.39, 0.29) is 5.41 Å². The van der Waals surface area contributed by atoms with Crippen LogP contribution in [0.2, 0.25) is 0 Å². The van der Waals surface area contributed by atoms with Crippen LogP contribution in [-0.4, -0.2) is 5.78 Å². The van der Waals surface area contributed by atoms with Gasteiger partial charge in [0.25, 0.3) is 0 Å². The Labute approximate surface area is 91.9 Å². The van der Waals surface area contributed by atoms with Gasteiger partial charge in [-0.2, -0.15) is 0 Å². The lowest BCUT2D eigenvalue weighted by molar-refractivity contribution is -0.134. The monoisotopic (exact) mass is 204 g/mol. The van der Waals surface area contributed by atoms with Crippen LogP contribution in [0.3, 0.4) is 0 Å². The number of carbonyl (C=O) groups excluding carboxylic acids is 1. The third-order valence-corrected chi connectivity index (χ3v) is 5.32. The molecule has 3 aliphatic carbocycles. The van der Waals surface area contributed by atoms with Crippen molar-refractivity contribution in [1.82, 2.24) is 0 Å². The average molecular weight is 204 g/mol. The molecule has 0 saturated heterocycles. The highest BCUT2D eigenvalue weighted by molar-refractivity contribution is 5.84. The molecule has 0 N–H and O–H groups in total. The summed E-state index contributed by atoms with van der Waals surface area (Å²) in [4.78, 5) is 12.1. The predicted octanol–water partition coefficient (Wildman–Crippen LogP) is 3.20. The Kier molecular flexibility index (Phi) is 1.90. The zero-order chi connectivity index (χ0) is 10.6. The number of fused-ring (bicyclic) bond motifs is 5. The summed E-state index contributed by atoms with van der Waals surface area (Å²) in [6.07, 6.45) is 9.67. The fraction of sp³-hybridized carbons (Fsp3) is 0.786. The molecule has 0 aliphatic heterocycles. The summed E-state index contributed by atoms with van der Waals surface area (Å²) >= 11 is 0. The van der Waals surface area contributed by atoms with Crippen LogP contribution >= 0.6 is 0 Å². The normalized spacial score (nSPS) is 51.9. The lowest BCUT2D eigenvalue weighted by Crippen LogP contribution is -2.44. The summed E-state index contributed by atoms with van der Waals surface area (Å²) in [7, 11) is 0. The number of hydrogen-bond donors (Lipinski definition) is 0. The van der Waals surface area contributed by atoms with Gasteiger partial charge in [-0.05, 0) is 56.3 Å². The first-order valence-corrected chi connectivity index (χ1v) is 6.34. The maximum Gasteiger partial charge on any atom is 0.136 e. The molecule has 15 heavy (non-hydrogen) atoms. The summed E-state index contributed by atoms with van der Waals surface area (Å²) in [5, 5.41) is 0. The summed E-state index contributed by atoms with van der Waals surface area (Å²) in [5.74, 6) is 3.28. The molecule has 4 unspecified atom stereocenters. The van der Waals surface area contributed by atoms with Crippen molar-refractivity contribution in [2.45, 2.75) is 39.5 Å². The van der Waals surface area contributed by atoms with Gasteiger partial charge in [-0.25, -0.2) is 0 Å². The largest absolute Gasteiger partial charge is 0.299 e. The molecule has 0 amide bonds. The highest BCUT2D eigenvalue weighted by Gasteiger charge is 2.59. The molecular formula is C14H20O. The van der Waals surface area contributed by atoms with Gasteiger partial charge in [0, 0.05) is 5.41 Å². The first kappa shape index (κ1) is 9.62.